The number of amides is 3. The van der Waals surface area contributed by atoms with Crippen LogP contribution in [0.1, 0.15) is 32.6 Å². The second kappa shape index (κ2) is 11.9. The van der Waals surface area contributed by atoms with E-state index >= 15 is 0 Å². The highest BCUT2D eigenvalue weighted by atomic mass is 16.5. The van der Waals surface area contributed by atoms with Crippen LogP contribution in [0, 0.1) is 11.8 Å². The van der Waals surface area contributed by atoms with E-state index < -0.39 is 29.1 Å². The number of carbonyl (C=O) groups excluding carboxylic acids is 3. The number of likely N-dealkylation sites (N-methyl/N-ethyl adjacent to an activating group) is 1. The molecule has 4 rings (SSSR count). The third kappa shape index (κ3) is 5.03. The molecule has 3 amide bonds. The van der Waals surface area contributed by atoms with Gasteiger partial charge in [-0.05, 0) is 32.6 Å². The van der Waals surface area contributed by atoms with Gasteiger partial charge in [-0.1, -0.05) is 12.2 Å². The summed E-state index contributed by atoms with van der Waals surface area (Å²) in [5.41, 5.74) is -1.85. The van der Waals surface area contributed by atoms with Crippen molar-refractivity contribution in [3.63, 3.8) is 0 Å². The lowest BCUT2D eigenvalue weighted by Gasteiger charge is -2.37. The predicted molar refractivity (Wildman–Crippen MR) is 142 cm³/mol. The van der Waals surface area contributed by atoms with Crippen molar-refractivity contribution in [2.75, 3.05) is 72.7 Å². The molecule has 0 radical (unpaired) electrons. The molecule has 10 nitrogen and oxygen atoms in total. The predicted octanol–water partition coefficient (Wildman–Crippen LogP) is 0.515. The second-order valence-corrected chi connectivity index (χ2v) is 11.2. The number of hydrogen-bond donors (Lipinski definition) is 1. The lowest BCUT2D eigenvalue weighted by Crippen LogP contribution is -2.57. The minimum absolute atomic E-state index is 0.0133. The molecule has 4 aliphatic heterocycles. The number of morpholine rings is 1. The summed E-state index contributed by atoms with van der Waals surface area (Å²) in [5.74, 6) is -1.87. The molecule has 4 fully saturated rings. The van der Waals surface area contributed by atoms with Crippen LogP contribution in [-0.4, -0.2) is 132 Å². The standard InChI is InChI=1S/C28H44N4O6/c1-5-11-29(4)24(34)21-22-25(35)32(13-7-8-18-33)23(28(22)10-9-27(21,3)38-28)26(36)31(12-6-2)15-14-30-16-19-37-20-17-30/h5-6,21-23,33H,1-2,7-20H2,3-4H3/t21-,22-,23?,27+,28?/m0/s1. The summed E-state index contributed by atoms with van der Waals surface area (Å²) in [7, 11) is 1.71. The van der Waals surface area contributed by atoms with Crippen molar-refractivity contribution in [2.45, 2.75) is 49.9 Å². The minimum atomic E-state index is -1.05. The Balaban J connectivity index is 1.65. The zero-order valence-corrected chi connectivity index (χ0v) is 23.0. The fraction of sp³-hybridized carbons (Fsp3) is 0.750. The number of ether oxygens (including phenoxy) is 2. The number of aliphatic hydroxyl groups excluding tert-OH is 1. The van der Waals surface area contributed by atoms with Crippen LogP contribution in [0.15, 0.2) is 25.3 Å². The Hall–Kier alpha value is -2.27. The molecule has 0 aromatic heterocycles. The number of aliphatic hydroxyl groups is 1. The lowest BCUT2D eigenvalue weighted by molar-refractivity contribution is -0.153. The van der Waals surface area contributed by atoms with Crippen molar-refractivity contribution in [3.05, 3.63) is 25.3 Å². The van der Waals surface area contributed by atoms with Gasteiger partial charge in [0.05, 0.1) is 30.7 Å². The Labute approximate surface area is 226 Å². The van der Waals surface area contributed by atoms with Crippen LogP contribution in [0.3, 0.4) is 0 Å². The quantitative estimate of drug-likeness (QED) is 0.272. The molecule has 38 heavy (non-hydrogen) atoms. The molecule has 212 valence electrons. The average Bonchev–Trinajstić information content (AvgIpc) is 3.47. The van der Waals surface area contributed by atoms with Crippen LogP contribution in [0.5, 0.6) is 0 Å². The van der Waals surface area contributed by atoms with Crippen molar-refractivity contribution in [3.8, 4) is 0 Å². The highest BCUT2D eigenvalue weighted by Gasteiger charge is 2.78. The average molecular weight is 533 g/mol. The molecule has 1 spiro atoms. The number of carbonyl (C=O) groups is 3. The Morgan fingerprint density at radius 1 is 1.11 bits per heavy atom. The van der Waals surface area contributed by atoms with Gasteiger partial charge in [-0.15, -0.1) is 13.2 Å². The van der Waals surface area contributed by atoms with Gasteiger partial charge < -0.3 is 29.3 Å². The van der Waals surface area contributed by atoms with Gasteiger partial charge in [-0.3, -0.25) is 19.3 Å². The Morgan fingerprint density at radius 2 is 1.82 bits per heavy atom. The first-order valence-electron chi connectivity index (χ1n) is 13.9. The molecule has 10 heteroatoms. The summed E-state index contributed by atoms with van der Waals surface area (Å²) in [4.78, 5) is 49.3. The molecule has 0 aromatic carbocycles. The highest BCUT2D eigenvalue weighted by molar-refractivity contribution is 5.99. The van der Waals surface area contributed by atoms with Gasteiger partial charge in [-0.25, -0.2) is 0 Å². The molecule has 0 aliphatic carbocycles. The monoisotopic (exact) mass is 532 g/mol. The summed E-state index contributed by atoms with van der Waals surface area (Å²) >= 11 is 0. The van der Waals surface area contributed by atoms with E-state index in [0.29, 0.717) is 71.6 Å². The maximum atomic E-state index is 14.3. The lowest BCUT2D eigenvalue weighted by atomic mass is 9.66. The first-order valence-corrected chi connectivity index (χ1v) is 13.9. The van der Waals surface area contributed by atoms with Gasteiger partial charge in [0.2, 0.25) is 17.7 Å². The Morgan fingerprint density at radius 3 is 2.47 bits per heavy atom. The maximum absolute atomic E-state index is 14.3. The van der Waals surface area contributed by atoms with E-state index in [2.05, 4.69) is 18.1 Å². The number of rotatable bonds is 13. The maximum Gasteiger partial charge on any atom is 0.248 e. The molecule has 5 atom stereocenters. The van der Waals surface area contributed by atoms with E-state index in [0.717, 1.165) is 13.1 Å². The third-order valence-electron chi connectivity index (χ3n) is 8.81. The topological polar surface area (TPSA) is 103 Å². The molecule has 1 N–H and O–H groups in total. The normalized spacial score (nSPS) is 32.3. The Kier molecular flexibility index (Phi) is 8.96. The number of nitrogens with zero attached hydrogens (tertiary/aromatic N) is 4. The number of likely N-dealkylation sites (tertiary alicyclic amines) is 1. The van der Waals surface area contributed by atoms with Crippen molar-refractivity contribution in [2.24, 2.45) is 11.8 Å². The molecule has 4 heterocycles. The first-order chi connectivity index (χ1) is 18.2. The molecule has 4 saturated heterocycles. The Bertz CT molecular complexity index is 923. The van der Waals surface area contributed by atoms with Crippen LogP contribution in [0.25, 0.3) is 0 Å². The largest absolute Gasteiger partial charge is 0.396 e. The first kappa shape index (κ1) is 28.7. The van der Waals surface area contributed by atoms with E-state index in [1.807, 2.05) is 6.92 Å². The van der Waals surface area contributed by atoms with Gasteiger partial charge in [0.25, 0.3) is 0 Å². The second-order valence-electron chi connectivity index (χ2n) is 11.2. The van der Waals surface area contributed by atoms with Gasteiger partial charge in [0.15, 0.2) is 0 Å². The fourth-order valence-corrected chi connectivity index (χ4v) is 6.94. The number of hydrogen-bond acceptors (Lipinski definition) is 7. The highest BCUT2D eigenvalue weighted by Crippen LogP contribution is 2.63. The minimum Gasteiger partial charge on any atom is -0.396 e. The zero-order valence-electron chi connectivity index (χ0n) is 23.0. The van der Waals surface area contributed by atoms with E-state index in [1.54, 1.807) is 33.9 Å². The van der Waals surface area contributed by atoms with Gasteiger partial charge in [0, 0.05) is 59.5 Å². The van der Waals surface area contributed by atoms with Gasteiger partial charge >= 0.3 is 0 Å². The van der Waals surface area contributed by atoms with Crippen molar-refractivity contribution < 1.29 is 29.0 Å². The van der Waals surface area contributed by atoms with E-state index in [1.165, 1.54) is 0 Å². The molecular formula is C28H44N4O6. The van der Waals surface area contributed by atoms with Crippen LogP contribution >= 0.6 is 0 Å². The smallest absolute Gasteiger partial charge is 0.248 e. The molecule has 2 unspecified atom stereocenters. The van der Waals surface area contributed by atoms with Crippen LogP contribution in [0.4, 0.5) is 0 Å². The summed E-state index contributed by atoms with van der Waals surface area (Å²) < 4.78 is 12.2. The fourth-order valence-electron chi connectivity index (χ4n) is 6.94. The SMILES string of the molecule is C=CCN(C)C(=O)[C@@H]1[C@H]2C(=O)N(CCCCO)C(C(=O)N(CC=C)CCN3CCOCC3)C23CC[C@@]1(C)O3. The molecule has 4 aliphatic rings. The molecule has 0 saturated carbocycles. The summed E-state index contributed by atoms with van der Waals surface area (Å²) in [5, 5.41) is 9.37. The summed E-state index contributed by atoms with van der Waals surface area (Å²) in [6.45, 7) is 14.8. The van der Waals surface area contributed by atoms with Crippen molar-refractivity contribution in [1.82, 2.24) is 19.6 Å². The van der Waals surface area contributed by atoms with Gasteiger partial charge in [0.1, 0.15) is 11.6 Å². The molecule has 2 bridgehead atoms. The van der Waals surface area contributed by atoms with Gasteiger partial charge in [-0.2, -0.15) is 0 Å². The van der Waals surface area contributed by atoms with Crippen molar-refractivity contribution >= 4 is 17.7 Å². The van der Waals surface area contributed by atoms with Crippen molar-refractivity contribution in [1.29, 1.82) is 0 Å². The molecular weight excluding hydrogens is 488 g/mol. The third-order valence-corrected chi connectivity index (χ3v) is 8.81. The van der Waals surface area contributed by atoms with Crippen LogP contribution in [0.2, 0.25) is 0 Å². The zero-order chi connectivity index (χ0) is 27.5. The van der Waals surface area contributed by atoms with Crippen LogP contribution in [-0.2, 0) is 23.9 Å². The summed E-state index contributed by atoms with van der Waals surface area (Å²) in [6, 6.07) is -0.812. The van der Waals surface area contributed by atoms with E-state index in [9.17, 15) is 19.5 Å². The number of unbranched alkanes of at least 4 members (excludes halogenated alkanes) is 1. The summed E-state index contributed by atoms with van der Waals surface area (Å²) in [6.07, 6.45) is 5.63. The number of fused-ring (bicyclic) bond motifs is 1. The van der Waals surface area contributed by atoms with Crippen LogP contribution < -0.4 is 0 Å². The van der Waals surface area contributed by atoms with E-state index in [4.69, 9.17) is 9.47 Å². The molecule has 0 aromatic rings. The van der Waals surface area contributed by atoms with E-state index in [-0.39, 0.29) is 24.3 Å².